The van der Waals surface area contributed by atoms with E-state index < -0.39 is 11.9 Å². The Labute approximate surface area is 128 Å². The molecular weight excluding hydrogens is 282 g/mol. The van der Waals surface area contributed by atoms with Crippen molar-refractivity contribution in [3.63, 3.8) is 0 Å². The number of hydrogen-bond donors (Lipinski definition) is 2. The minimum absolute atomic E-state index is 0.236. The van der Waals surface area contributed by atoms with Gasteiger partial charge in [0.25, 0.3) is 0 Å². The molecule has 22 heavy (non-hydrogen) atoms. The Bertz CT molecular complexity index is 645. The summed E-state index contributed by atoms with van der Waals surface area (Å²) in [6.45, 7) is 3.64. The van der Waals surface area contributed by atoms with E-state index >= 15 is 0 Å². The molecule has 1 aromatic heterocycles. The summed E-state index contributed by atoms with van der Waals surface area (Å²) in [6.07, 6.45) is 0.743. The highest BCUT2D eigenvalue weighted by Crippen LogP contribution is 2.16. The van der Waals surface area contributed by atoms with Gasteiger partial charge in [-0.25, -0.2) is 0 Å². The second kappa shape index (κ2) is 6.89. The number of nitrogens with two attached hydrogens (primary N) is 1. The van der Waals surface area contributed by atoms with Gasteiger partial charge in [0.15, 0.2) is 0 Å². The zero-order chi connectivity index (χ0) is 16.1. The summed E-state index contributed by atoms with van der Waals surface area (Å²) in [7, 11) is 0. The van der Waals surface area contributed by atoms with Crippen molar-refractivity contribution in [2.24, 2.45) is 5.73 Å². The molecule has 6 nitrogen and oxygen atoms in total. The quantitative estimate of drug-likeness (QED) is 0.846. The van der Waals surface area contributed by atoms with E-state index in [1.54, 1.807) is 24.3 Å². The van der Waals surface area contributed by atoms with E-state index in [-0.39, 0.29) is 12.3 Å². The molecule has 1 unspecified atom stereocenters. The van der Waals surface area contributed by atoms with Gasteiger partial charge < -0.3 is 15.6 Å². The molecule has 0 spiro atoms. The zero-order valence-corrected chi connectivity index (χ0v) is 12.6. The predicted molar refractivity (Wildman–Crippen MR) is 80.8 cm³/mol. The van der Waals surface area contributed by atoms with Gasteiger partial charge in [-0.05, 0) is 25.8 Å². The lowest BCUT2D eigenvalue weighted by Crippen LogP contribution is -2.37. The van der Waals surface area contributed by atoms with Gasteiger partial charge in [-0.3, -0.25) is 9.59 Å². The van der Waals surface area contributed by atoms with Crippen LogP contribution in [0.4, 0.5) is 0 Å². The molecule has 0 saturated heterocycles. The van der Waals surface area contributed by atoms with Crippen LogP contribution in [0, 0.1) is 13.8 Å². The average molecular weight is 301 g/mol. The molecule has 2 aromatic rings. The van der Waals surface area contributed by atoms with Gasteiger partial charge in [0, 0.05) is 12.0 Å². The van der Waals surface area contributed by atoms with Crippen LogP contribution in [-0.4, -0.2) is 17.0 Å². The van der Waals surface area contributed by atoms with Gasteiger partial charge in [-0.1, -0.05) is 35.5 Å². The summed E-state index contributed by atoms with van der Waals surface area (Å²) in [6, 6.07) is 8.11. The molecule has 0 radical (unpaired) electrons. The number of rotatable bonds is 6. The lowest BCUT2D eigenvalue weighted by Gasteiger charge is -2.15. The molecule has 1 aromatic carbocycles. The number of amides is 2. The van der Waals surface area contributed by atoms with Crippen LogP contribution in [0.15, 0.2) is 34.9 Å². The maximum absolute atomic E-state index is 12.1. The Hall–Kier alpha value is -2.63. The largest absolute Gasteiger partial charge is 0.368 e. The summed E-state index contributed by atoms with van der Waals surface area (Å²) in [5.41, 5.74) is 7.74. The van der Waals surface area contributed by atoms with Crippen molar-refractivity contribution in [2.75, 3.05) is 0 Å². The summed E-state index contributed by atoms with van der Waals surface area (Å²) in [4.78, 5) is 23.6. The predicted octanol–water partition coefficient (Wildman–Crippen LogP) is 1.57. The first-order chi connectivity index (χ1) is 10.5. The van der Waals surface area contributed by atoms with E-state index in [0.717, 1.165) is 11.3 Å². The van der Waals surface area contributed by atoms with E-state index in [2.05, 4.69) is 10.5 Å². The molecule has 0 bridgehead atoms. The fourth-order valence-electron chi connectivity index (χ4n) is 2.29. The molecule has 1 atom stereocenters. The molecule has 6 heteroatoms. The molecular formula is C16H19N3O3. The molecule has 0 aliphatic heterocycles. The molecule has 116 valence electrons. The van der Waals surface area contributed by atoms with Crippen LogP contribution in [0.1, 0.15) is 35.0 Å². The normalized spacial score (nSPS) is 11.9. The SMILES string of the molecule is Cc1noc(C)c1CCC(=O)NC(C(N)=O)c1ccccc1. The van der Waals surface area contributed by atoms with E-state index in [1.165, 1.54) is 0 Å². The maximum Gasteiger partial charge on any atom is 0.244 e. The van der Waals surface area contributed by atoms with Crippen LogP contribution in [-0.2, 0) is 16.0 Å². The molecule has 3 N–H and O–H groups in total. The van der Waals surface area contributed by atoms with Gasteiger partial charge >= 0.3 is 0 Å². The van der Waals surface area contributed by atoms with Crippen LogP contribution in [0.2, 0.25) is 0 Å². The third-order valence-corrected chi connectivity index (χ3v) is 3.51. The number of benzene rings is 1. The molecule has 2 amide bonds. The number of aromatic nitrogens is 1. The van der Waals surface area contributed by atoms with E-state index in [9.17, 15) is 9.59 Å². The smallest absolute Gasteiger partial charge is 0.244 e. The highest BCUT2D eigenvalue weighted by atomic mass is 16.5. The lowest BCUT2D eigenvalue weighted by atomic mass is 10.0. The van der Waals surface area contributed by atoms with Crippen LogP contribution in [0.3, 0.4) is 0 Å². The molecule has 0 aliphatic rings. The number of nitrogens with one attached hydrogen (secondary N) is 1. The first-order valence-electron chi connectivity index (χ1n) is 7.04. The number of primary amides is 1. The topological polar surface area (TPSA) is 98.2 Å². The second-order valence-corrected chi connectivity index (χ2v) is 5.12. The second-order valence-electron chi connectivity index (χ2n) is 5.12. The maximum atomic E-state index is 12.1. The van der Waals surface area contributed by atoms with Crippen LogP contribution in [0.5, 0.6) is 0 Å². The van der Waals surface area contributed by atoms with Crippen molar-refractivity contribution >= 4 is 11.8 Å². The molecule has 0 aliphatic carbocycles. The highest BCUT2D eigenvalue weighted by Gasteiger charge is 2.20. The van der Waals surface area contributed by atoms with Crippen molar-refractivity contribution in [1.82, 2.24) is 10.5 Å². The van der Waals surface area contributed by atoms with Crippen LogP contribution in [0.25, 0.3) is 0 Å². The van der Waals surface area contributed by atoms with Crippen LogP contribution < -0.4 is 11.1 Å². The third-order valence-electron chi connectivity index (χ3n) is 3.51. The summed E-state index contributed by atoms with van der Waals surface area (Å²) in [5.74, 6) is -0.121. The first-order valence-corrected chi connectivity index (χ1v) is 7.04. The Kier molecular flexibility index (Phi) is 4.93. The van der Waals surface area contributed by atoms with Crippen molar-refractivity contribution in [3.8, 4) is 0 Å². The van der Waals surface area contributed by atoms with Crippen molar-refractivity contribution in [1.29, 1.82) is 0 Å². The Balaban J connectivity index is 1.99. The van der Waals surface area contributed by atoms with Gasteiger partial charge in [0.1, 0.15) is 11.8 Å². The van der Waals surface area contributed by atoms with Gasteiger partial charge in [0.2, 0.25) is 11.8 Å². The lowest BCUT2D eigenvalue weighted by molar-refractivity contribution is -0.127. The van der Waals surface area contributed by atoms with E-state index in [4.69, 9.17) is 10.3 Å². The van der Waals surface area contributed by atoms with E-state index in [1.807, 2.05) is 19.9 Å². The Morgan fingerprint density at radius 2 is 1.95 bits per heavy atom. The Morgan fingerprint density at radius 3 is 2.50 bits per heavy atom. The zero-order valence-electron chi connectivity index (χ0n) is 12.6. The standard InChI is InChI=1S/C16H19N3O3/c1-10-13(11(2)22-19-10)8-9-14(20)18-15(16(17)21)12-6-4-3-5-7-12/h3-7,15H,8-9H2,1-2H3,(H2,17,21)(H,18,20). The number of carbonyl (C=O) groups excluding carboxylic acids is 2. The highest BCUT2D eigenvalue weighted by molar-refractivity contribution is 5.87. The van der Waals surface area contributed by atoms with Crippen molar-refractivity contribution in [3.05, 3.63) is 52.9 Å². The number of hydrogen-bond acceptors (Lipinski definition) is 4. The Morgan fingerprint density at radius 1 is 1.27 bits per heavy atom. The number of carbonyl (C=O) groups is 2. The third kappa shape index (κ3) is 3.72. The fourth-order valence-corrected chi connectivity index (χ4v) is 2.29. The van der Waals surface area contributed by atoms with Gasteiger partial charge in [-0.2, -0.15) is 0 Å². The monoisotopic (exact) mass is 301 g/mol. The van der Waals surface area contributed by atoms with Crippen LogP contribution >= 0.6 is 0 Å². The van der Waals surface area contributed by atoms with Gasteiger partial charge in [-0.15, -0.1) is 0 Å². The minimum Gasteiger partial charge on any atom is -0.368 e. The summed E-state index contributed by atoms with van der Waals surface area (Å²) >= 11 is 0. The van der Waals surface area contributed by atoms with Crippen molar-refractivity contribution < 1.29 is 14.1 Å². The van der Waals surface area contributed by atoms with E-state index in [0.29, 0.717) is 17.7 Å². The minimum atomic E-state index is -0.821. The fraction of sp³-hybridized carbons (Fsp3) is 0.312. The first kappa shape index (κ1) is 15.8. The molecule has 1 heterocycles. The molecule has 0 saturated carbocycles. The molecule has 0 fully saturated rings. The number of nitrogens with zero attached hydrogens (tertiary/aromatic N) is 1. The van der Waals surface area contributed by atoms with Gasteiger partial charge in [0.05, 0.1) is 5.69 Å². The summed E-state index contributed by atoms with van der Waals surface area (Å²) < 4.78 is 5.06. The molecule has 2 rings (SSSR count). The summed E-state index contributed by atoms with van der Waals surface area (Å²) in [5, 5.41) is 6.52. The average Bonchev–Trinajstić information content (AvgIpc) is 2.82. The number of aryl methyl sites for hydroxylation is 2. The van der Waals surface area contributed by atoms with Crippen molar-refractivity contribution in [2.45, 2.75) is 32.7 Å².